The second kappa shape index (κ2) is 6.02. The number of nitrogens with zero attached hydrogens (tertiary/aromatic N) is 2. The number of rotatable bonds is 5. The van der Waals surface area contributed by atoms with Gasteiger partial charge in [-0.1, -0.05) is 6.92 Å². The van der Waals surface area contributed by atoms with Gasteiger partial charge in [-0.3, -0.25) is 9.48 Å². The van der Waals surface area contributed by atoms with Crippen molar-refractivity contribution in [3.63, 3.8) is 0 Å². The molecule has 4 nitrogen and oxygen atoms in total. The summed E-state index contributed by atoms with van der Waals surface area (Å²) in [6.07, 6.45) is 3.59. The van der Waals surface area contributed by atoms with Crippen LogP contribution in [-0.4, -0.2) is 23.2 Å². The van der Waals surface area contributed by atoms with Gasteiger partial charge in [0.05, 0.1) is 12.7 Å². The van der Waals surface area contributed by atoms with Gasteiger partial charge in [-0.25, -0.2) is 0 Å². The number of ether oxygens (including phenoxy) is 1. The van der Waals surface area contributed by atoms with Crippen LogP contribution in [0.15, 0.2) is 28.9 Å². The molecule has 0 fully saturated rings. The van der Waals surface area contributed by atoms with Gasteiger partial charge in [0.1, 0.15) is 11.4 Å². The molecule has 0 radical (unpaired) electrons. The minimum atomic E-state index is 0.597. The van der Waals surface area contributed by atoms with E-state index in [0.717, 1.165) is 35.0 Å². The minimum Gasteiger partial charge on any atom is -0.497 e. The molecular weight excluding hydrogens is 308 g/mol. The van der Waals surface area contributed by atoms with Crippen LogP contribution in [0.3, 0.4) is 0 Å². The van der Waals surface area contributed by atoms with Gasteiger partial charge in [-0.15, -0.1) is 0 Å². The van der Waals surface area contributed by atoms with Crippen LogP contribution >= 0.6 is 15.9 Å². The van der Waals surface area contributed by atoms with Gasteiger partial charge >= 0.3 is 0 Å². The topological polar surface area (TPSA) is 44.1 Å². The van der Waals surface area contributed by atoms with Gasteiger partial charge in [0.2, 0.25) is 0 Å². The average Bonchev–Trinajstić information content (AvgIpc) is 2.81. The van der Waals surface area contributed by atoms with Crippen molar-refractivity contribution >= 4 is 22.2 Å². The van der Waals surface area contributed by atoms with Crippen LogP contribution < -0.4 is 4.74 Å². The second-order valence-corrected chi connectivity index (χ2v) is 5.01. The van der Waals surface area contributed by atoms with Crippen LogP contribution in [0, 0.1) is 0 Å². The van der Waals surface area contributed by atoms with Crippen LogP contribution in [0.4, 0.5) is 0 Å². The standard InChI is InChI=1S/C14H15BrN2O2/c1-3-6-17-8-10(9-18)14(16-17)12-5-4-11(19-2)7-13(12)15/h4-5,7-9H,3,6H2,1-2H3. The number of aldehydes is 1. The molecule has 0 atom stereocenters. The summed E-state index contributed by atoms with van der Waals surface area (Å²) in [5.74, 6) is 0.760. The molecule has 0 aliphatic carbocycles. The molecule has 0 N–H and O–H groups in total. The Kier molecular flexibility index (Phi) is 4.37. The van der Waals surface area contributed by atoms with E-state index in [0.29, 0.717) is 11.3 Å². The van der Waals surface area contributed by atoms with Crippen LogP contribution in [0.5, 0.6) is 5.75 Å². The lowest BCUT2D eigenvalue weighted by molar-refractivity contribution is 0.112. The molecule has 0 aliphatic rings. The Morgan fingerprint density at radius 2 is 2.26 bits per heavy atom. The van der Waals surface area contributed by atoms with Crippen molar-refractivity contribution in [2.75, 3.05) is 7.11 Å². The van der Waals surface area contributed by atoms with Crippen LogP contribution in [0.2, 0.25) is 0 Å². The van der Waals surface area contributed by atoms with E-state index in [1.54, 1.807) is 18.0 Å². The average molecular weight is 323 g/mol. The summed E-state index contributed by atoms with van der Waals surface area (Å²) in [6, 6.07) is 5.62. The van der Waals surface area contributed by atoms with Crippen molar-refractivity contribution in [3.8, 4) is 17.0 Å². The molecule has 1 aromatic carbocycles. The first-order valence-electron chi connectivity index (χ1n) is 6.06. The number of hydrogen-bond donors (Lipinski definition) is 0. The Balaban J connectivity index is 2.48. The Morgan fingerprint density at radius 1 is 1.47 bits per heavy atom. The van der Waals surface area contributed by atoms with Crippen LogP contribution in [0.25, 0.3) is 11.3 Å². The number of carbonyl (C=O) groups is 1. The van der Waals surface area contributed by atoms with Crippen molar-refractivity contribution in [1.82, 2.24) is 9.78 Å². The zero-order valence-corrected chi connectivity index (χ0v) is 12.5. The lowest BCUT2D eigenvalue weighted by Crippen LogP contribution is -1.97. The molecule has 1 heterocycles. The first-order chi connectivity index (χ1) is 9.19. The molecule has 0 saturated carbocycles. The first-order valence-corrected chi connectivity index (χ1v) is 6.85. The van der Waals surface area contributed by atoms with Gasteiger partial charge in [-0.2, -0.15) is 5.10 Å². The first kappa shape index (κ1) is 13.8. The summed E-state index contributed by atoms with van der Waals surface area (Å²) < 4.78 is 7.82. The van der Waals surface area contributed by atoms with Crippen molar-refractivity contribution in [1.29, 1.82) is 0 Å². The SMILES string of the molecule is CCCn1cc(C=O)c(-c2ccc(OC)cc2Br)n1. The molecule has 0 spiro atoms. The number of halogens is 1. The summed E-state index contributed by atoms with van der Waals surface area (Å²) in [5.41, 5.74) is 2.18. The van der Waals surface area contributed by atoms with Gasteiger partial charge in [0, 0.05) is 22.8 Å². The molecule has 0 aliphatic heterocycles. The highest BCUT2D eigenvalue weighted by Crippen LogP contribution is 2.32. The van der Waals surface area contributed by atoms with Gasteiger partial charge < -0.3 is 4.74 Å². The molecule has 100 valence electrons. The lowest BCUT2D eigenvalue weighted by atomic mass is 10.1. The van der Waals surface area contributed by atoms with E-state index in [2.05, 4.69) is 28.0 Å². The molecule has 0 amide bonds. The fourth-order valence-corrected chi connectivity index (χ4v) is 2.44. The number of aryl methyl sites for hydroxylation is 1. The summed E-state index contributed by atoms with van der Waals surface area (Å²) in [7, 11) is 1.62. The predicted molar refractivity (Wildman–Crippen MR) is 77.6 cm³/mol. The summed E-state index contributed by atoms with van der Waals surface area (Å²) in [6.45, 7) is 2.87. The smallest absolute Gasteiger partial charge is 0.153 e. The number of hydrogen-bond acceptors (Lipinski definition) is 3. The highest BCUT2D eigenvalue weighted by Gasteiger charge is 2.13. The van der Waals surface area contributed by atoms with Gasteiger partial charge in [-0.05, 0) is 40.5 Å². The van der Waals surface area contributed by atoms with E-state index in [4.69, 9.17) is 4.74 Å². The molecular formula is C14H15BrN2O2. The highest BCUT2D eigenvalue weighted by atomic mass is 79.9. The van der Waals surface area contributed by atoms with Crippen molar-refractivity contribution in [2.45, 2.75) is 19.9 Å². The Hall–Kier alpha value is -1.62. The Bertz CT molecular complexity index is 593. The number of benzene rings is 1. The fourth-order valence-electron chi connectivity index (χ4n) is 1.89. The minimum absolute atomic E-state index is 0.597. The van der Waals surface area contributed by atoms with Gasteiger partial charge in [0.15, 0.2) is 6.29 Å². The number of carbonyl (C=O) groups excluding carboxylic acids is 1. The quantitative estimate of drug-likeness (QED) is 0.791. The van der Waals surface area contributed by atoms with Gasteiger partial charge in [0.25, 0.3) is 0 Å². The van der Waals surface area contributed by atoms with Crippen molar-refractivity contribution in [3.05, 3.63) is 34.4 Å². The summed E-state index contributed by atoms with van der Waals surface area (Å²) in [4.78, 5) is 11.2. The molecule has 5 heteroatoms. The van der Waals surface area contributed by atoms with Crippen LogP contribution in [-0.2, 0) is 6.54 Å². The second-order valence-electron chi connectivity index (χ2n) is 4.16. The molecule has 0 saturated heterocycles. The summed E-state index contributed by atoms with van der Waals surface area (Å²) in [5, 5.41) is 4.47. The normalized spacial score (nSPS) is 10.5. The van der Waals surface area contributed by atoms with E-state index in [-0.39, 0.29) is 0 Å². The molecule has 1 aromatic heterocycles. The van der Waals surface area contributed by atoms with E-state index >= 15 is 0 Å². The zero-order chi connectivity index (χ0) is 13.8. The maximum atomic E-state index is 11.2. The highest BCUT2D eigenvalue weighted by molar-refractivity contribution is 9.10. The van der Waals surface area contributed by atoms with Crippen LogP contribution in [0.1, 0.15) is 23.7 Å². The molecule has 19 heavy (non-hydrogen) atoms. The maximum absolute atomic E-state index is 11.2. The largest absolute Gasteiger partial charge is 0.497 e. The Morgan fingerprint density at radius 3 is 2.84 bits per heavy atom. The molecule has 2 aromatic rings. The fraction of sp³-hybridized carbons (Fsp3) is 0.286. The molecule has 0 unspecified atom stereocenters. The molecule has 0 bridgehead atoms. The molecule has 2 rings (SSSR count). The third-order valence-corrected chi connectivity index (χ3v) is 3.46. The third kappa shape index (κ3) is 2.87. The van der Waals surface area contributed by atoms with E-state index < -0.39 is 0 Å². The van der Waals surface area contributed by atoms with E-state index in [9.17, 15) is 4.79 Å². The number of methoxy groups -OCH3 is 1. The van der Waals surface area contributed by atoms with E-state index in [1.165, 1.54) is 0 Å². The van der Waals surface area contributed by atoms with E-state index in [1.807, 2.05) is 18.2 Å². The Labute approximate surface area is 120 Å². The predicted octanol–water partition coefficient (Wildman–Crippen LogP) is 3.54. The van der Waals surface area contributed by atoms with Crippen molar-refractivity contribution in [2.24, 2.45) is 0 Å². The zero-order valence-electron chi connectivity index (χ0n) is 10.9. The monoisotopic (exact) mass is 322 g/mol. The van der Waals surface area contributed by atoms with Crippen molar-refractivity contribution < 1.29 is 9.53 Å². The lowest BCUT2D eigenvalue weighted by Gasteiger charge is -2.05. The maximum Gasteiger partial charge on any atom is 0.153 e. The summed E-state index contributed by atoms with van der Waals surface area (Å²) >= 11 is 3.49. The third-order valence-electron chi connectivity index (χ3n) is 2.80. The number of aromatic nitrogens is 2.